The van der Waals surface area contributed by atoms with Gasteiger partial charge in [-0.2, -0.15) is 0 Å². The van der Waals surface area contributed by atoms with E-state index in [9.17, 15) is 14.4 Å². The topological polar surface area (TPSA) is 71.4 Å². The molecule has 1 saturated heterocycles. The molecule has 1 N–H and O–H groups in total. The molecule has 1 aromatic heterocycles. The molecule has 2 aromatic carbocycles. The Morgan fingerprint density at radius 1 is 1.13 bits per heavy atom. The minimum atomic E-state index is -0.411. The molecule has 0 spiro atoms. The van der Waals surface area contributed by atoms with Crippen LogP contribution in [0.2, 0.25) is 5.02 Å². The average molecular weight is 452 g/mol. The lowest BCUT2D eigenvalue weighted by Gasteiger charge is -2.13. The van der Waals surface area contributed by atoms with Crippen molar-refractivity contribution in [3.05, 3.63) is 70.2 Å². The van der Waals surface area contributed by atoms with Crippen LogP contribution in [0.25, 0.3) is 17.0 Å². The summed E-state index contributed by atoms with van der Waals surface area (Å²) in [5.74, 6) is -0.444. The van der Waals surface area contributed by atoms with Gasteiger partial charge in [-0.05, 0) is 48.9 Å². The first kappa shape index (κ1) is 19.9. The number of nitrogens with zero attached hydrogens (tertiary/aromatic N) is 2. The predicted octanol–water partition coefficient (Wildman–Crippen LogP) is 4.81. The maximum atomic E-state index is 13.0. The van der Waals surface area contributed by atoms with Crippen LogP contribution in [0.1, 0.15) is 18.4 Å². The predicted molar refractivity (Wildman–Crippen MR) is 123 cm³/mol. The first-order chi connectivity index (χ1) is 15.0. The van der Waals surface area contributed by atoms with Gasteiger partial charge in [0.15, 0.2) is 0 Å². The number of hydrogen-bond acceptors (Lipinski definition) is 4. The zero-order valence-electron chi connectivity index (χ0n) is 16.4. The van der Waals surface area contributed by atoms with Crippen molar-refractivity contribution in [1.82, 2.24) is 9.88 Å². The number of carbonyl (C=O) groups is 3. The molecule has 156 valence electrons. The summed E-state index contributed by atoms with van der Waals surface area (Å²) in [7, 11) is 0. The van der Waals surface area contributed by atoms with Gasteiger partial charge in [0, 0.05) is 28.7 Å². The third-order valence-corrected chi connectivity index (χ3v) is 6.44. The van der Waals surface area contributed by atoms with Crippen molar-refractivity contribution in [3.63, 3.8) is 0 Å². The number of aromatic nitrogens is 1. The van der Waals surface area contributed by atoms with Crippen molar-refractivity contribution >= 4 is 63.1 Å². The number of benzene rings is 2. The molecule has 31 heavy (non-hydrogen) atoms. The standard InChI is InChI=1S/C23H18ClN3O3S/c24-17-6-2-4-8-19(17)27-22(29)20(31-23(27)30)11-14-12-26(13-21(28)25-15-9-10-15)18-7-3-1-5-16(14)18/h1-8,11-12,15H,9-10,13H2,(H,25,28)/b20-11-. The SMILES string of the molecule is O=C(Cn1cc(/C=C2\SC(=O)N(c3ccccc3Cl)C2=O)c2ccccc21)NC1CC1. The van der Waals surface area contributed by atoms with Crippen molar-refractivity contribution in [3.8, 4) is 0 Å². The molecule has 2 aliphatic rings. The summed E-state index contributed by atoms with van der Waals surface area (Å²) < 4.78 is 1.87. The number of halogens is 1. The number of carbonyl (C=O) groups excluding carboxylic acids is 3. The molecule has 1 aliphatic carbocycles. The van der Waals surface area contributed by atoms with E-state index in [2.05, 4.69) is 5.32 Å². The Morgan fingerprint density at radius 2 is 1.87 bits per heavy atom. The zero-order valence-corrected chi connectivity index (χ0v) is 17.9. The fourth-order valence-electron chi connectivity index (χ4n) is 3.63. The Bertz CT molecular complexity index is 1260. The molecule has 0 bridgehead atoms. The Balaban J connectivity index is 1.48. The van der Waals surface area contributed by atoms with Gasteiger partial charge in [-0.25, -0.2) is 4.90 Å². The lowest BCUT2D eigenvalue weighted by Crippen LogP contribution is -2.29. The quantitative estimate of drug-likeness (QED) is 0.565. The molecule has 1 aliphatic heterocycles. The highest BCUT2D eigenvalue weighted by atomic mass is 35.5. The number of fused-ring (bicyclic) bond motifs is 1. The second-order valence-corrected chi connectivity index (χ2v) is 8.94. The van der Waals surface area contributed by atoms with Gasteiger partial charge >= 0.3 is 0 Å². The maximum absolute atomic E-state index is 13.0. The van der Waals surface area contributed by atoms with Crippen LogP contribution in [-0.4, -0.2) is 27.7 Å². The number of rotatable bonds is 5. The van der Waals surface area contributed by atoms with Crippen LogP contribution in [0.5, 0.6) is 0 Å². The number of amides is 3. The van der Waals surface area contributed by atoms with Gasteiger partial charge in [-0.15, -0.1) is 0 Å². The third kappa shape index (κ3) is 3.86. The molecule has 8 heteroatoms. The molecule has 3 amide bonds. The van der Waals surface area contributed by atoms with Crippen LogP contribution in [0.4, 0.5) is 10.5 Å². The average Bonchev–Trinajstić information content (AvgIpc) is 3.44. The Kier molecular flexibility index (Phi) is 5.08. The van der Waals surface area contributed by atoms with Crippen molar-refractivity contribution in [2.24, 2.45) is 0 Å². The fraction of sp³-hybridized carbons (Fsp3) is 0.174. The summed E-state index contributed by atoms with van der Waals surface area (Å²) >= 11 is 7.08. The molecule has 0 unspecified atom stereocenters. The van der Waals surface area contributed by atoms with Gasteiger partial charge < -0.3 is 9.88 Å². The maximum Gasteiger partial charge on any atom is 0.298 e. The van der Waals surface area contributed by atoms with Crippen LogP contribution in [-0.2, 0) is 16.1 Å². The van der Waals surface area contributed by atoms with E-state index in [4.69, 9.17) is 11.6 Å². The van der Waals surface area contributed by atoms with Gasteiger partial charge in [-0.1, -0.05) is 41.9 Å². The molecule has 6 nitrogen and oxygen atoms in total. The molecule has 2 heterocycles. The van der Waals surface area contributed by atoms with Crippen LogP contribution < -0.4 is 10.2 Å². The normalized spacial score (nSPS) is 17.7. The smallest absolute Gasteiger partial charge is 0.298 e. The van der Waals surface area contributed by atoms with Gasteiger partial charge in [0.2, 0.25) is 5.91 Å². The number of para-hydroxylation sites is 2. The van der Waals surface area contributed by atoms with E-state index in [0.29, 0.717) is 21.7 Å². The highest BCUT2D eigenvalue weighted by Crippen LogP contribution is 2.39. The first-order valence-electron chi connectivity index (χ1n) is 9.91. The number of hydrogen-bond donors (Lipinski definition) is 1. The molecular weight excluding hydrogens is 434 g/mol. The molecule has 2 fully saturated rings. The Morgan fingerprint density at radius 3 is 2.65 bits per heavy atom. The van der Waals surface area contributed by atoms with Gasteiger partial charge in [0.05, 0.1) is 15.6 Å². The highest BCUT2D eigenvalue weighted by molar-refractivity contribution is 8.19. The summed E-state index contributed by atoms with van der Waals surface area (Å²) in [4.78, 5) is 39.3. The van der Waals surface area contributed by atoms with Crippen LogP contribution >= 0.6 is 23.4 Å². The van der Waals surface area contributed by atoms with Crippen molar-refractivity contribution < 1.29 is 14.4 Å². The monoisotopic (exact) mass is 451 g/mol. The molecule has 5 rings (SSSR count). The number of imide groups is 1. The fourth-order valence-corrected chi connectivity index (χ4v) is 4.67. The van der Waals surface area contributed by atoms with E-state index in [1.165, 1.54) is 0 Å². The van der Waals surface area contributed by atoms with Crippen molar-refractivity contribution in [1.29, 1.82) is 0 Å². The minimum absolute atomic E-state index is 0.0335. The lowest BCUT2D eigenvalue weighted by atomic mass is 10.1. The number of thioether (sulfide) groups is 1. The highest BCUT2D eigenvalue weighted by Gasteiger charge is 2.37. The Hall–Kier alpha value is -3.03. The summed E-state index contributed by atoms with van der Waals surface area (Å²) in [6, 6.07) is 14.8. The van der Waals surface area contributed by atoms with E-state index in [-0.39, 0.29) is 12.5 Å². The van der Waals surface area contributed by atoms with E-state index in [1.807, 2.05) is 35.0 Å². The molecular formula is C23H18ClN3O3S. The number of nitrogens with one attached hydrogen (secondary N) is 1. The summed E-state index contributed by atoms with van der Waals surface area (Å²) in [5, 5.41) is 3.85. The van der Waals surface area contributed by atoms with Crippen molar-refractivity contribution in [2.45, 2.75) is 25.4 Å². The van der Waals surface area contributed by atoms with Gasteiger partial charge in [0.25, 0.3) is 11.1 Å². The lowest BCUT2D eigenvalue weighted by molar-refractivity contribution is -0.121. The van der Waals surface area contributed by atoms with Crippen molar-refractivity contribution in [2.75, 3.05) is 4.90 Å². The van der Waals surface area contributed by atoms with E-state index in [0.717, 1.165) is 46.0 Å². The number of anilines is 1. The van der Waals surface area contributed by atoms with E-state index in [1.54, 1.807) is 30.3 Å². The largest absolute Gasteiger partial charge is 0.352 e. The summed E-state index contributed by atoms with van der Waals surface area (Å²) in [5.41, 5.74) is 2.04. The Labute approximate surface area is 187 Å². The second-order valence-electron chi connectivity index (χ2n) is 7.54. The minimum Gasteiger partial charge on any atom is -0.352 e. The van der Waals surface area contributed by atoms with E-state index < -0.39 is 11.1 Å². The molecule has 3 aromatic rings. The zero-order chi connectivity index (χ0) is 21.5. The van der Waals surface area contributed by atoms with Crippen LogP contribution in [0, 0.1) is 0 Å². The van der Waals surface area contributed by atoms with E-state index >= 15 is 0 Å². The molecule has 0 atom stereocenters. The van der Waals surface area contributed by atoms with Crippen LogP contribution in [0.3, 0.4) is 0 Å². The van der Waals surface area contributed by atoms with Gasteiger partial charge in [0.1, 0.15) is 6.54 Å². The first-order valence-corrected chi connectivity index (χ1v) is 11.1. The molecule has 0 radical (unpaired) electrons. The summed E-state index contributed by atoms with van der Waals surface area (Å²) in [6.07, 6.45) is 5.62. The molecule has 1 saturated carbocycles. The summed E-state index contributed by atoms with van der Waals surface area (Å²) in [6.45, 7) is 0.200. The third-order valence-electron chi connectivity index (χ3n) is 5.25. The van der Waals surface area contributed by atoms with Gasteiger partial charge in [-0.3, -0.25) is 14.4 Å². The second kappa shape index (κ2) is 7.90. The van der Waals surface area contributed by atoms with Crippen LogP contribution in [0.15, 0.2) is 59.6 Å².